The lowest BCUT2D eigenvalue weighted by Crippen LogP contribution is -2.30. The van der Waals surface area contributed by atoms with Gasteiger partial charge < -0.3 is 10.1 Å². The van der Waals surface area contributed by atoms with Gasteiger partial charge in [0.1, 0.15) is 5.75 Å². The second-order valence-corrected chi connectivity index (χ2v) is 4.41. The largest absolute Gasteiger partial charge is 0.425 e. The summed E-state index contributed by atoms with van der Waals surface area (Å²) in [6.07, 6.45) is 7.04. The molecule has 17 heavy (non-hydrogen) atoms. The molecule has 0 bridgehead atoms. The van der Waals surface area contributed by atoms with Crippen LogP contribution in [0, 0.1) is 5.92 Å². The summed E-state index contributed by atoms with van der Waals surface area (Å²) >= 11 is 0. The Morgan fingerprint density at radius 1 is 1.59 bits per heavy atom. The van der Waals surface area contributed by atoms with Gasteiger partial charge >= 0.3 is 5.97 Å². The molecule has 1 N–H and O–H groups in total. The number of hydrogen-bond acceptors (Lipinski definition) is 4. The summed E-state index contributed by atoms with van der Waals surface area (Å²) in [5.74, 6) is 0.980. The van der Waals surface area contributed by atoms with Gasteiger partial charge in [0.2, 0.25) is 0 Å². The zero-order chi connectivity index (χ0) is 11.9. The smallest absolute Gasteiger partial charge is 0.311 e. The van der Waals surface area contributed by atoms with Crippen LogP contribution in [0.15, 0.2) is 24.5 Å². The predicted molar refractivity (Wildman–Crippen MR) is 64.7 cm³/mol. The van der Waals surface area contributed by atoms with Gasteiger partial charge in [0.25, 0.3) is 0 Å². The Hall–Kier alpha value is -1.42. The van der Waals surface area contributed by atoms with Crippen LogP contribution in [0.25, 0.3) is 0 Å². The normalized spacial score (nSPS) is 19.9. The molecule has 2 heterocycles. The number of carbonyl (C=O) groups excluding carboxylic acids is 1. The molecule has 4 nitrogen and oxygen atoms in total. The highest BCUT2D eigenvalue weighted by Crippen LogP contribution is 2.16. The number of pyridine rings is 1. The summed E-state index contributed by atoms with van der Waals surface area (Å²) in [5.41, 5.74) is 0. The molecule has 1 aromatic rings. The van der Waals surface area contributed by atoms with E-state index in [1.807, 2.05) is 0 Å². The topological polar surface area (TPSA) is 51.2 Å². The molecule has 0 amide bonds. The highest BCUT2D eigenvalue weighted by molar-refractivity contribution is 5.72. The number of esters is 1. The molecular formula is C13H18N2O2. The van der Waals surface area contributed by atoms with Crippen LogP contribution in [0.4, 0.5) is 0 Å². The van der Waals surface area contributed by atoms with Crippen LogP contribution in [-0.2, 0) is 4.79 Å². The van der Waals surface area contributed by atoms with E-state index in [0.29, 0.717) is 18.1 Å². The van der Waals surface area contributed by atoms with Crippen molar-refractivity contribution in [2.45, 2.75) is 25.7 Å². The average molecular weight is 234 g/mol. The molecule has 1 aliphatic rings. The van der Waals surface area contributed by atoms with Crippen LogP contribution in [0.5, 0.6) is 5.75 Å². The Morgan fingerprint density at radius 3 is 3.24 bits per heavy atom. The number of carbonyl (C=O) groups is 1. The van der Waals surface area contributed by atoms with Crippen molar-refractivity contribution in [3.63, 3.8) is 0 Å². The second kappa shape index (κ2) is 6.35. The Labute approximate surface area is 101 Å². The van der Waals surface area contributed by atoms with Gasteiger partial charge in [-0.2, -0.15) is 0 Å². The van der Waals surface area contributed by atoms with Crippen molar-refractivity contribution in [1.82, 2.24) is 10.3 Å². The van der Waals surface area contributed by atoms with Gasteiger partial charge in [0, 0.05) is 12.6 Å². The minimum Gasteiger partial charge on any atom is -0.425 e. The molecule has 1 saturated heterocycles. The molecule has 1 aromatic heterocycles. The summed E-state index contributed by atoms with van der Waals surface area (Å²) in [5, 5.41) is 3.35. The van der Waals surface area contributed by atoms with Gasteiger partial charge in [-0.3, -0.25) is 9.78 Å². The zero-order valence-corrected chi connectivity index (χ0v) is 9.89. The third-order valence-electron chi connectivity index (χ3n) is 3.02. The fourth-order valence-electron chi connectivity index (χ4n) is 2.08. The number of hydrogen-bond donors (Lipinski definition) is 1. The monoisotopic (exact) mass is 234 g/mol. The zero-order valence-electron chi connectivity index (χ0n) is 9.89. The first-order valence-corrected chi connectivity index (χ1v) is 6.16. The molecule has 92 valence electrons. The lowest BCUT2D eigenvalue weighted by molar-refractivity contribution is -0.134. The van der Waals surface area contributed by atoms with Crippen molar-refractivity contribution in [3.05, 3.63) is 24.5 Å². The lowest BCUT2D eigenvalue weighted by Gasteiger charge is -2.22. The van der Waals surface area contributed by atoms with Crippen LogP contribution in [0.1, 0.15) is 25.7 Å². The fraction of sp³-hybridized carbons (Fsp3) is 0.538. The molecule has 1 fully saturated rings. The maximum Gasteiger partial charge on any atom is 0.311 e. The summed E-state index contributed by atoms with van der Waals surface area (Å²) in [7, 11) is 0. The summed E-state index contributed by atoms with van der Waals surface area (Å²) in [6.45, 7) is 2.14. The number of nitrogens with zero attached hydrogens (tertiary/aromatic N) is 1. The number of rotatable bonds is 4. The Kier molecular flexibility index (Phi) is 4.50. The van der Waals surface area contributed by atoms with E-state index in [2.05, 4.69) is 10.3 Å². The van der Waals surface area contributed by atoms with Gasteiger partial charge in [-0.05, 0) is 50.4 Å². The summed E-state index contributed by atoms with van der Waals surface area (Å²) in [6, 6.07) is 3.50. The molecule has 2 rings (SSSR count). The highest BCUT2D eigenvalue weighted by Gasteiger charge is 2.15. The van der Waals surface area contributed by atoms with Crippen molar-refractivity contribution in [2.24, 2.45) is 5.92 Å². The number of ether oxygens (including phenoxy) is 1. The second-order valence-electron chi connectivity index (χ2n) is 4.41. The van der Waals surface area contributed by atoms with E-state index in [-0.39, 0.29) is 5.97 Å². The van der Waals surface area contributed by atoms with E-state index in [9.17, 15) is 4.79 Å². The molecule has 0 saturated carbocycles. The molecule has 1 unspecified atom stereocenters. The first kappa shape index (κ1) is 12.0. The molecule has 0 aliphatic carbocycles. The molecule has 1 aliphatic heterocycles. The van der Waals surface area contributed by atoms with Crippen LogP contribution >= 0.6 is 0 Å². The van der Waals surface area contributed by atoms with Crippen LogP contribution < -0.4 is 10.1 Å². The van der Waals surface area contributed by atoms with Gasteiger partial charge in [-0.1, -0.05) is 0 Å². The Balaban J connectivity index is 1.70. The van der Waals surface area contributed by atoms with Gasteiger partial charge in [-0.15, -0.1) is 0 Å². The minimum atomic E-state index is -0.163. The van der Waals surface area contributed by atoms with Gasteiger partial charge in [0.15, 0.2) is 0 Å². The van der Waals surface area contributed by atoms with Crippen LogP contribution in [-0.4, -0.2) is 24.0 Å². The predicted octanol–water partition coefficient (Wildman–Crippen LogP) is 1.77. The van der Waals surface area contributed by atoms with Crippen LogP contribution in [0.2, 0.25) is 0 Å². The molecule has 0 spiro atoms. The Bertz CT molecular complexity index is 348. The first-order valence-electron chi connectivity index (χ1n) is 6.16. The number of aromatic nitrogens is 1. The maximum absolute atomic E-state index is 11.6. The third kappa shape index (κ3) is 4.15. The van der Waals surface area contributed by atoms with E-state index in [1.54, 1.807) is 24.5 Å². The lowest BCUT2D eigenvalue weighted by atomic mass is 9.95. The van der Waals surface area contributed by atoms with Crippen molar-refractivity contribution in [2.75, 3.05) is 13.1 Å². The van der Waals surface area contributed by atoms with E-state index < -0.39 is 0 Å². The molecular weight excluding hydrogens is 216 g/mol. The average Bonchev–Trinajstić information content (AvgIpc) is 2.39. The molecule has 1 atom stereocenters. The van der Waals surface area contributed by atoms with Crippen molar-refractivity contribution in [1.29, 1.82) is 0 Å². The summed E-state index contributed by atoms with van der Waals surface area (Å²) in [4.78, 5) is 15.5. The van der Waals surface area contributed by atoms with E-state index >= 15 is 0 Å². The van der Waals surface area contributed by atoms with Gasteiger partial charge in [-0.25, -0.2) is 0 Å². The van der Waals surface area contributed by atoms with E-state index in [4.69, 9.17) is 4.74 Å². The number of nitrogens with one attached hydrogen (secondary N) is 1. The Morgan fingerprint density at radius 2 is 2.53 bits per heavy atom. The van der Waals surface area contributed by atoms with Crippen molar-refractivity contribution < 1.29 is 9.53 Å². The minimum absolute atomic E-state index is 0.163. The molecule has 4 heteroatoms. The SMILES string of the molecule is O=C(CCC1CCCNC1)Oc1cccnc1. The van der Waals surface area contributed by atoms with E-state index in [0.717, 1.165) is 19.5 Å². The highest BCUT2D eigenvalue weighted by atomic mass is 16.5. The maximum atomic E-state index is 11.6. The third-order valence-corrected chi connectivity index (χ3v) is 3.02. The fourth-order valence-corrected chi connectivity index (χ4v) is 2.08. The first-order chi connectivity index (χ1) is 8.34. The number of piperidine rings is 1. The quantitative estimate of drug-likeness (QED) is 0.807. The molecule has 0 aromatic carbocycles. The van der Waals surface area contributed by atoms with E-state index in [1.165, 1.54) is 12.8 Å². The standard InChI is InChI=1S/C13H18N2O2/c16-13(17-12-4-2-8-15-10-12)6-5-11-3-1-7-14-9-11/h2,4,8,10-11,14H,1,3,5-7,9H2. The van der Waals surface area contributed by atoms with Crippen LogP contribution in [0.3, 0.4) is 0 Å². The summed E-state index contributed by atoms with van der Waals surface area (Å²) < 4.78 is 5.18. The van der Waals surface area contributed by atoms with Crippen molar-refractivity contribution in [3.8, 4) is 5.75 Å². The molecule has 0 radical (unpaired) electrons. The van der Waals surface area contributed by atoms with Crippen molar-refractivity contribution >= 4 is 5.97 Å². The van der Waals surface area contributed by atoms with Gasteiger partial charge in [0.05, 0.1) is 6.20 Å².